The summed E-state index contributed by atoms with van der Waals surface area (Å²) in [5.41, 5.74) is 1.10. The third kappa shape index (κ3) is 5.81. The van der Waals surface area contributed by atoms with Crippen LogP contribution in [0, 0.1) is 5.92 Å². The van der Waals surface area contributed by atoms with E-state index in [9.17, 15) is 9.59 Å². The van der Waals surface area contributed by atoms with Crippen molar-refractivity contribution in [2.75, 3.05) is 19.6 Å². The van der Waals surface area contributed by atoms with Crippen LogP contribution in [0.25, 0.3) is 0 Å². The van der Waals surface area contributed by atoms with Crippen LogP contribution < -0.4 is 5.32 Å². The van der Waals surface area contributed by atoms with Gasteiger partial charge >= 0.3 is 0 Å². The second-order valence-electron chi connectivity index (χ2n) is 8.73. The van der Waals surface area contributed by atoms with Crippen LogP contribution in [0.15, 0.2) is 30.3 Å². The van der Waals surface area contributed by atoms with Crippen LogP contribution in [0.5, 0.6) is 0 Å². The molecule has 1 aromatic carbocycles. The summed E-state index contributed by atoms with van der Waals surface area (Å²) in [4.78, 5) is 26.4. The maximum Gasteiger partial charge on any atom is 0.222 e. The number of ether oxygens (including phenoxy) is 1. The Balaban J connectivity index is 1.36. The molecule has 0 unspecified atom stereocenters. The van der Waals surface area contributed by atoms with Gasteiger partial charge in [0.1, 0.15) is 0 Å². The van der Waals surface area contributed by atoms with Gasteiger partial charge < -0.3 is 15.0 Å². The van der Waals surface area contributed by atoms with E-state index in [1.54, 1.807) is 0 Å². The van der Waals surface area contributed by atoms with E-state index in [-0.39, 0.29) is 23.5 Å². The highest BCUT2D eigenvalue weighted by Crippen LogP contribution is 2.38. The first-order valence-electron chi connectivity index (χ1n) is 10.7. The molecule has 1 atom stereocenters. The Bertz CT molecular complexity index is 651. The van der Waals surface area contributed by atoms with Gasteiger partial charge in [0.2, 0.25) is 11.8 Å². The quantitative estimate of drug-likeness (QED) is 0.782. The first-order valence-corrected chi connectivity index (χ1v) is 10.7. The SMILES string of the molecule is CC(C)CC(=O)N1CCC2(CC[C@H](CNC(=O)CCc3ccccc3)O2)CC1. The summed E-state index contributed by atoms with van der Waals surface area (Å²) in [6.07, 6.45) is 5.84. The number of nitrogens with zero attached hydrogens (tertiary/aromatic N) is 1. The Morgan fingerprint density at radius 3 is 2.57 bits per heavy atom. The molecule has 0 radical (unpaired) electrons. The molecule has 2 saturated heterocycles. The van der Waals surface area contributed by atoms with Gasteiger partial charge in [-0.05, 0) is 43.6 Å². The fourth-order valence-electron chi connectivity index (χ4n) is 4.27. The van der Waals surface area contributed by atoms with Gasteiger partial charge in [0, 0.05) is 32.5 Å². The summed E-state index contributed by atoms with van der Waals surface area (Å²) < 4.78 is 6.36. The highest BCUT2D eigenvalue weighted by Gasteiger charge is 2.43. The molecule has 2 aliphatic rings. The molecule has 0 aromatic heterocycles. The van der Waals surface area contributed by atoms with Crippen LogP contribution in [-0.2, 0) is 20.7 Å². The van der Waals surface area contributed by atoms with Crippen molar-refractivity contribution in [2.45, 2.75) is 70.5 Å². The van der Waals surface area contributed by atoms with Gasteiger partial charge in [-0.3, -0.25) is 9.59 Å². The number of carbonyl (C=O) groups excluding carboxylic acids is 2. The van der Waals surface area contributed by atoms with Gasteiger partial charge in [0.25, 0.3) is 0 Å². The van der Waals surface area contributed by atoms with Crippen LogP contribution in [-0.4, -0.2) is 48.1 Å². The number of benzene rings is 1. The fourth-order valence-corrected chi connectivity index (χ4v) is 4.27. The normalized spacial score (nSPS) is 21.2. The molecular formula is C23H34N2O3. The van der Waals surface area contributed by atoms with E-state index in [4.69, 9.17) is 4.74 Å². The molecule has 1 aromatic rings. The summed E-state index contributed by atoms with van der Waals surface area (Å²) in [5.74, 6) is 0.758. The molecule has 28 heavy (non-hydrogen) atoms. The van der Waals surface area contributed by atoms with E-state index in [1.165, 1.54) is 5.56 Å². The van der Waals surface area contributed by atoms with Crippen molar-refractivity contribution >= 4 is 11.8 Å². The number of carbonyl (C=O) groups is 2. The van der Waals surface area contributed by atoms with Crippen molar-refractivity contribution in [3.8, 4) is 0 Å². The lowest BCUT2D eigenvalue weighted by Gasteiger charge is -2.39. The Labute approximate surface area is 168 Å². The third-order valence-corrected chi connectivity index (χ3v) is 5.96. The first kappa shape index (κ1) is 20.8. The molecule has 2 aliphatic heterocycles. The summed E-state index contributed by atoms with van der Waals surface area (Å²) >= 11 is 0. The summed E-state index contributed by atoms with van der Waals surface area (Å²) in [6, 6.07) is 10.1. The zero-order chi connectivity index (χ0) is 20.0. The van der Waals surface area contributed by atoms with Crippen molar-refractivity contribution < 1.29 is 14.3 Å². The summed E-state index contributed by atoms with van der Waals surface area (Å²) in [5, 5.41) is 3.04. The van der Waals surface area contributed by atoms with Crippen LogP contribution in [0.1, 0.15) is 57.9 Å². The van der Waals surface area contributed by atoms with Crippen molar-refractivity contribution in [3.05, 3.63) is 35.9 Å². The number of hydrogen-bond acceptors (Lipinski definition) is 3. The fraction of sp³-hybridized carbons (Fsp3) is 0.652. The van der Waals surface area contributed by atoms with Crippen LogP contribution in [0.3, 0.4) is 0 Å². The van der Waals surface area contributed by atoms with Crippen molar-refractivity contribution in [1.29, 1.82) is 0 Å². The molecule has 0 bridgehead atoms. The monoisotopic (exact) mass is 386 g/mol. The van der Waals surface area contributed by atoms with E-state index in [2.05, 4.69) is 31.3 Å². The Morgan fingerprint density at radius 2 is 1.89 bits per heavy atom. The second kappa shape index (κ2) is 9.55. The van der Waals surface area contributed by atoms with Gasteiger partial charge in [-0.25, -0.2) is 0 Å². The van der Waals surface area contributed by atoms with Crippen molar-refractivity contribution in [3.63, 3.8) is 0 Å². The summed E-state index contributed by atoms with van der Waals surface area (Å²) in [6.45, 7) is 6.35. The Kier molecular flexibility index (Phi) is 7.11. The highest BCUT2D eigenvalue weighted by atomic mass is 16.5. The van der Waals surface area contributed by atoms with E-state index in [1.807, 2.05) is 23.1 Å². The summed E-state index contributed by atoms with van der Waals surface area (Å²) in [7, 11) is 0. The van der Waals surface area contributed by atoms with Crippen LogP contribution in [0.4, 0.5) is 0 Å². The van der Waals surface area contributed by atoms with Gasteiger partial charge in [-0.1, -0.05) is 44.2 Å². The number of piperidine rings is 1. The van der Waals surface area contributed by atoms with Crippen molar-refractivity contribution in [1.82, 2.24) is 10.2 Å². The van der Waals surface area contributed by atoms with Crippen LogP contribution >= 0.6 is 0 Å². The molecule has 0 saturated carbocycles. The minimum absolute atomic E-state index is 0.0857. The molecule has 0 aliphatic carbocycles. The predicted octanol–water partition coefficient (Wildman–Crippen LogP) is 3.32. The molecule has 2 heterocycles. The zero-order valence-corrected chi connectivity index (χ0v) is 17.3. The van der Waals surface area contributed by atoms with E-state index in [0.717, 1.165) is 45.2 Å². The molecule has 2 amide bonds. The van der Waals surface area contributed by atoms with Crippen molar-refractivity contribution in [2.24, 2.45) is 5.92 Å². The highest BCUT2D eigenvalue weighted by molar-refractivity contribution is 5.76. The minimum atomic E-state index is -0.0892. The molecule has 3 rings (SSSR count). The molecule has 1 spiro atoms. The Morgan fingerprint density at radius 1 is 1.18 bits per heavy atom. The number of likely N-dealkylation sites (tertiary alicyclic amines) is 1. The number of nitrogens with one attached hydrogen (secondary N) is 1. The topological polar surface area (TPSA) is 58.6 Å². The average Bonchev–Trinajstić information content (AvgIpc) is 3.08. The van der Waals surface area contributed by atoms with Crippen LogP contribution in [0.2, 0.25) is 0 Å². The number of amides is 2. The molecule has 2 fully saturated rings. The second-order valence-corrected chi connectivity index (χ2v) is 8.73. The van der Waals surface area contributed by atoms with E-state index < -0.39 is 0 Å². The average molecular weight is 387 g/mol. The number of aryl methyl sites for hydroxylation is 1. The predicted molar refractivity (Wildman–Crippen MR) is 110 cm³/mol. The molecule has 1 N–H and O–H groups in total. The standard InChI is InChI=1S/C23H34N2O3/c1-18(2)16-22(27)25-14-12-23(13-15-25)11-10-20(28-23)17-24-21(26)9-8-19-6-4-3-5-7-19/h3-7,18,20H,8-17H2,1-2H3,(H,24,26)/t20-/m1/s1. The van der Waals surface area contributed by atoms with E-state index >= 15 is 0 Å². The molecule has 5 heteroatoms. The third-order valence-electron chi connectivity index (χ3n) is 5.96. The van der Waals surface area contributed by atoms with Gasteiger partial charge in [-0.2, -0.15) is 0 Å². The van der Waals surface area contributed by atoms with Gasteiger partial charge in [0.15, 0.2) is 0 Å². The Hall–Kier alpha value is -1.88. The lowest BCUT2D eigenvalue weighted by atomic mass is 9.88. The lowest BCUT2D eigenvalue weighted by Crippen LogP contribution is -2.47. The number of hydrogen-bond donors (Lipinski definition) is 1. The van der Waals surface area contributed by atoms with E-state index in [0.29, 0.717) is 25.3 Å². The lowest BCUT2D eigenvalue weighted by molar-refractivity contribution is -0.138. The van der Waals surface area contributed by atoms with Gasteiger partial charge in [0.05, 0.1) is 11.7 Å². The molecule has 154 valence electrons. The zero-order valence-electron chi connectivity index (χ0n) is 17.3. The first-order chi connectivity index (χ1) is 13.5. The number of rotatable bonds is 7. The molecule has 5 nitrogen and oxygen atoms in total. The smallest absolute Gasteiger partial charge is 0.222 e. The minimum Gasteiger partial charge on any atom is -0.370 e. The maximum absolute atomic E-state index is 12.3. The molecular weight excluding hydrogens is 352 g/mol. The largest absolute Gasteiger partial charge is 0.370 e. The van der Waals surface area contributed by atoms with Gasteiger partial charge in [-0.15, -0.1) is 0 Å². The maximum atomic E-state index is 12.3.